The molecule has 2 aliphatic rings. The van der Waals surface area contributed by atoms with Crippen LogP contribution in [0.1, 0.15) is 67.6 Å². The number of halogens is 2. The van der Waals surface area contributed by atoms with Gasteiger partial charge in [-0.3, -0.25) is 5.10 Å². The minimum atomic E-state index is -0.337. The summed E-state index contributed by atoms with van der Waals surface area (Å²) in [6.45, 7) is 1.90. The third-order valence-electron chi connectivity index (χ3n) is 5.35. The Morgan fingerprint density at radius 3 is 2.52 bits per heavy atom. The van der Waals surface area contributed by atoms with Crippen molar-refractivity contribution in [2.75, 3.05) is 10.6 Å². The molecule has 2 aromatic heterocycles. The Kier molecular flexibility index (Phi) is 4.62. The van der Waals surface area contributed by atoms with Crippen molar-refractivity contribution in [3.05, 3.63) is 58.3 Å². The lowest BCUT2D eigenvalue weighted by molar-refractivity contribution is 0.600. The molecule has 3 N–H and O–H groups in total. The highest BCUT2D eigenvalue weighted by molar-refractivity contribution is 6.30. The minimum Gasteiger partial charge on any atom is -0.363 e. The fourth-order valence-corrected chi connectivity index (χ4v) is 3.57. The van der Waals surface area contributed by atoms with Crippen LogP contribution in [0.2, 0.25) is 5.02 Å². The number of rotatable bonds is 7. The van der Waals surface area contributed by atoms with Gasteiger partial charge in [0.15, 0.2) is 5.82 Å². The van der Waals surface area contributed by atoms with Gasteiger partial charge >= 0.3 is 0 Å². The number of nitrogens with one attached hydrogen (secondary N) is 3. The molecule has 2 aliphatic carbocycles. The number of benzene rings is 1. The Hall–Kier alpha value is -2.67. The van der Waals surface area contributed by atoms with Crippen LogP contribution in [-0.2, 0) is 0 Å². The molecule has 0 aliphatic heterocycles. The third-order valence-corrected chi connectivity index (χ3v) is 5.59. The van der Waals surface area contributed by atoms with Crippen molar-refractivity contribution in [3.63, 3.8) is 0 Å². The van der Waals surface area contributed by atoms with Crippen molar-refractivity contribution >= 4 is 29.1 Å². The molecule has 6 nitrogen and oxygen atoms in total. The predicted octanol–water partition coefficient (Wildman–Crippen LogP) is 5.66. The van der Waals surface area contributed by atoms with Crippen LogP contribution < -0.4 is 10.6 Å². The lowest BCUT2D eigenvalue weighted by atomic mass is 10.1. The van der Waals surface area contributed by atoms with Crippen LogP contribution in [0.15, 0.2) is 30.3 Å². The molecule has 0 spiro atoms. The van der Waals surface area contributed by atoms with E-state index in [1.165, 1.54) is 18.9 Å². The molecule has 2 fully saturated rings. The van der Waals surface area contributed by atoms with Crippen molar-refractivity contribution in [1.82, 2.24) is 20.2 Å². The second kappa shape index (κ2) is 7.30. The highest BCUT2D eigenvalue weighted by atomic mass is 35.5. The SMILES string of the molecule is CC(Nc1cc(Nc2cc(C3CC3)[nH]n2)nc(C2CC2)n1)c1ccc(Cl)cc1F. The maximum atomic E-state index is 14.3. The fourth-order valence-electron chi connectivity index (χ4n) is 3.42. The summed E-state index contributed by atoms with van der Waals surface area (Å²) < 4.78 is 14.3. The predicted molar refractivity (Wildman–Crippen MR) is 111 cm³/mol. The van der Waals surface area contributed by atoms with Gasteiger partial charge in [-0.25, -0.2) is 14.4 Å². The number of hydrogen-bond acceptors (Lipinski definition) is 5. The number of hydrogen-bond donors (Lipinski definition) is 3. The Morgan fingerprint density at radius 1 is 1.03 bits per heavy atom. The normalized spacial score (nSPS) is 17.2. The second-order valence-electron chi connectivity index (χ2n) is 7.91. The summed E-state index contributed by atoms with van der Waals surface area (Å²) in [5, 5.41) is 14.4. The number of aromatic nitrogens is 4. The average Bonchev–Trinajstić information content (AvgIpc) is 3.60. The quantitative estimate of drug-likeness (QED) is 0.466. The number of nitrogens with zero attached hydrogens (tertiary/aromatic N) is 3. The second-order valence-corrected chi connectivity index (χ2v) is 8.35. The molecular formula is C21H22ClFN6. The molecule has 0 radical (unpaired) electrons. The van der Waals surface area contributed by atoms with Crippen LogP contribution >= 0.6 is 11.6 Å². The molecule has 2 heterocycles. The molecular weight excluding hydrogens is 391 g/mol. The smallest absolute Gasteiger partial charge is 0.153 e. The highest BCUT2D eigenvalue weighted by Crippen LogP contribution is 2.41. The van der Waals surface area contributed by atoms with Crippen LogP contribution in [0.5, 0.6) is 0 Å². The largest absolute Gasteiger partial charge is 0.363 e. The van der Waals surface area contributed by atoms with E-state index in [1.807, 2.05) is 19.1 Å². The van der Waals surface area contributed by atoms with Gasteiger partial charge in [0, 0.05) is 40.2 Å². The summed E-state index contributed by atoms with van der Waals surface area (Å²) in [4.78, 5) is 9.32. The number of H-pyrrole nitrogens is 1. The fraction of sp³-hybridized carbons (Fsp3) is 0.381. The molecule has 1 atom stereocenters. The molecule has 1 aromatic carbocycles. The molecule has 3 aromatic rings. The molecule has 29 heavy (non-hydrogen) atoms. The van der Waals surface area contributed by atoms with Crippen molar-refractivity contribution in [1.29, 1.82) is 0 Å². The molecule has 0 amide bonds. The van der Waals surface area contributed by atoms with Gasteiger partial charge < -0.3 is 10.6 Å². The summed E-state index contributed by atoms with van der Waals surface area (Å²) in [6, 6.07) is 8.31. The van der Waals surface area contributed by atoms with Gasteiger partial charge in [-0.05, 0) is 44.7 Å². The topological polar surface area (TPSA) is 78.5 Å². The van der Waals surface area contributed by atoms with E-state index < -0.39 is 0 Å². The van der Waals surface area contributed by atoms with Crippen LogP contribution in [0.4, 0.5) is 21.8 Å². The van der Waals surface area contributed by atoms with Gasteiger partial charge in [0.25, 0.3) is 0 Å². The summed E-state index contributed by atoms with van der Waals surface area (Å²) in [7, 11) is 0. The lowest BCUT2D eigenvalue weighted by Crippen LogP contribution is -2.11. The summed E-state index contributed by atoms with van der Waals surface area (Å²) in [6.07, 6.45) is 4.62. The first-order valence-electron chi connectivity index (χ1n) is 9.98. The minimum absolute atomic E-state index is 0.270. The Bertz CT molecular complexity index is 1040. The monoisotopic (exact) mass is 412 g/mol. The third kappa shape index (κ3) is 4.19. The first kappa shape index (κ1) is 18.4. The van der Waals surface area contributed by atoms with Crippen molar-refractivity contribution in [2.24, 2.45) is 0 Å². The maximum Gasteiger partial charge on any atom is 0.153 e. The summed E-state index contributed by atoms with van der Waals surface area (Å²) in [5.74, 6) is 3.55. The van der Waals surface area contributed by atoms with Gasteiger partial charge in [0.05, 0.1) is 6.04 Å². The molecule has 2 saturated carbocycles. The van der Waals surface area contributed by atoms with E-state index >= 15 is 0 Å². The molecule has 0 saturated heterocycles. The molecule has 0 bridgehead atoms. The Morgan fingerprint density at radius 2 is 1.79 bits per heavy atom. The van der Waals surface area contributed by atoms with Crippen molar-refractivity contribution in [3.8, 4) is 0 Å². The van der Waals surface area contributed by atoms with Gasteiger partial charge in [-0.1, -0.05) is 17.7 Å². The average molecular weight is 413 g/mol. The van der Waals surface area contributed by atoms with E-state index in [9.17, 15) is 4.39 Å². The van der Waals surface area contributed by atoms with Crippen LogP contribution in [-0.4, -0.2) is 20.2 Å². The van der Waals surface area contributed by atoms with Crippen molar-refractivity contribution < 1.29 is 4.39 Å². The van der Waals surface area contributed by atoms with Gasteiger partial charge in [-0.2, -0.15) is 5.10 Å². The molecule has 5 rings (SSSR count). The molecule has 8 heteroatoms. The van der Waals surface area contributed by atoms with Crippen LogP contribution in [0, 0.1) is 5.82 Å². The number of anilines is 3. The van der Waals surface area contributed by atoms with Crippen molar-refractivity contribution in [2.45, 2.75) is 50.5 Å². The standard InChI is InChI=1S/C21H22ClFN6/c1-11(15-7-6-14(22)8-16(15)23)24-18-10-19(27-21(26-18)13-4-5-13)25-20-9-17(28-29-20)12-2-3-12/h6-13H,2-5H2,1H3,(H3,24,25,26,27,28,29). The summed E-state index contributed by atoms with van der Waals surface area (Å²) >= 11 is 5.87. The zero-order chi connectivity index (χ0) is 20.0. The molecule has 1 unspecified atom stereocenters. The van der Waals surface area contributed by atoms with E-state index in [2.05, 4.69) is 30.8 Å². The van der Waals surface area contributed by atoms with Crippen LogP contribution in [0.3, 0.4) is 0 Å². The highest BCUT2D eigenvalue weighted by Gasteiger charge is 2.28. The van der Waals surface area contributed by atoms with E-state index in [1.54, 1.807) is 12.1 Å². The van der Waals surface area contributed by atoms with E-state index in [0.29, 0.717) is 34.1 Å². The zero-order valence-corrected chi connectivity index (χ0v) is 16.8. The van der Waals surface area contributed by atoms with Gasteiger partial charge in [-0.15, -0.1) is 0 Å². The summed E-state index contributed by atoms with van der Waals surface area (Å²) in [5.41, 5.74) is 1.70. The first-order valence-corrected chi connectivity index (χ1v) is 10.4. The first-order chi connectivity index (χ1) is 14.0. The number of aromatic amines is 1. The zero-order valence-electron chi connectivity index (χ0n) is 16.0. The Balaban J connectivity index is 1.38. The van der Waals surface area contributed by atoms with Gasteiger partial charge in [0.2, 0.25) is 0 Å². The molecule has 150 valence electrons. The van der Waals surface area contributed by atoms with Crippen LogP contribution in [0.25, 0.3) is 0 Å². The lowest BCUT2D eigenvalue weighted by Gasteiger charge is -2.17. The van der Waals surface area contributed by atoms with Gasteiger partial charge in [0.1, 0.15) is 23.3 Å². The van der Waals surface area contributed by atoms with E-state index in [4.69, 9.17) is 11.6 Å². The van der Waals surface area contributed by atoms with E-state index in [-0.39, 0.29) is 11.9 Å². The Labute approximate surface area is 173 Å². The van der Waals surface area contributed by atoms with E-state index in [0.717, 1.165) is 30.2 Å². The maximum absolute atomic E-state index is 14.3.